The van der Waals surface area contributed by atoms with Gasteiger partial charge in [0.1, 0.15) is 0 Å². The molecular weight excluding hydrogens is 148 g/mol. The van der Waals surface area contributed by atoms with Gasteiger partial charge in [-0.2, -0.15) is 0 Å². The molecule has 0 saturated carbocycles. The lowest BCUT2D eigenvalue weighted by Gasteiger charge is -2.26. The smallest absolute Gasteiger partial charge is 0.0514 e. The molecule has 12 heavy (non-hydrogen) atoms. The van der Waals surface area contributed by atoms with E-state index in [0.29, 0.717) is 5.92 Å². The summed E-state index contributed by atoms with van der Waals surface area (Å²) in [6.07, 6.45) is 2.03. The SMILES string of the molecule is CCC(C)C(C)C(C)CC(C)O. The average Bonchev–Trinajstić information content (AvgIpc) is 2.00. The van der Waals surface area contributed by atoms with Gasteiger partial charge < -0.3 is 5.11 Å². The summed E-state index contributed by atoms with van der Waals surface area (Å²) in [5.41, 5.74) is 0. The van der Waals surface area contributed by atoms with Gasteiger partial charge in [0, 0.05) is 0 Å². The molecule has 1 nitrogen and oxygen atoms in total. The van der Waals surface area contributed by atoms with Crippen LogP contribution in [0.1, 0.15) is 47.5 Å². The molecule has 0 fully saturated rings. The molecule has 1 heteroatoms. The van der Waals surface area contributed by atoms with Gasteiger partial charge in [0.05, 0.1) is 6.10 Å². The molecule has 0 heterocycles. The second-order valence-corrected chi connectivity index (χ2v) is 4.31. The van der Waals surface area contributed by atoms with Gasteiger partial charge >= 0.3 is 0 Å². The van der Waals surface area contributed by atoms with E-state index in [9.17, 15) is 5.11 Å². The van der Waals surface area contributed by atoms with Crippen molar-refractivity contribution in [2.45, 2.75) is 53.6 Å². The second-order valence-electron chi connectivity index (χ2n) is 4.31. The molecule has 74 valence electrons. The summed E-state index contributed by atoms with van der Waals surface area (Å²) in [6.45, 7) is 10.9. The van der Waals surface area contributed by atoms with E-state index in [1.54, 1.807) is 0 Å². The molecule has 0 bridgehead atoms. The normalized spacial score (nSPS) is 21.5. The molecule has 0 aromatic heterocycles. The Morgan fingerprint density at radius 3 is 1.83 bits per heavy atom. The fourth-order valence-electron chi connectivity index (χ4n) is 1.69. The Balaban J connectivity index is 3.83. The summed E-state index contributed by atoms with van der Waals surface area (Å²) in [5, 5.41) is 9.23. The summed E-state index contributed by atoms with van der Waals surface area (Å²) in [6, 6.07) is 0. The largest absolute Gasteiger partial charge is 0.393 e. The molecule has 0 aliphatic heterocycles. The van der Waals surface area contributed by atoms with Crippen LogP contribution in [0, 0.1) is 17.8 Å². The van der Waals surface area contributed by atoms with Gasteiger partial charge in [0.15, 0.2) is 0 Å². The van der Waals surface area contributed by atoms with Crippen molar-refractivity contribution < 1.29 is 5.11 Å². The number of aliphatic hydroxyl groups excluding tert-OH is 1. The van der Waals surface area contributed by atoms with Crippen LogP contribution < -0.4 is 0 Å². The highest BCUT2D eigenvalue weighted by Gasteiger charge is 2.18. The van der Waals surface area contributed by atoms with Crippen LogP contribution in [-0.2, 0) is 0 Å². The zero-order valence-electron chi connectivity index (χ0n) is 9.17. The van der Waals surface area contributed by atoms with E-state index in [0.717, 1.165) is 18.3 Å². The quantitative estimate of drug-likeness (QED) is 0.675. The molecule has 0 amide bonds. The predicted octanol–water partition coefficient (Wildman–Crippen LogP) is 3.08. The Kier molecular flexibility index (Phi) is 5.56. The highest BCUT2D eigenvalue weighted by molar-refractivity contribution is 4.68. The van der Waals surface area contributed by atoms with E-state index in [4.69, 9.17) is 0 Å². The fourth-order valence-corrected chi connectivity index (χ4v) is 1.69. The van der Waals surface area contributed by atoms with Gasteiger partial charge in [0.2, 0.25) is 0 Å². The highest BCUT2D eigenvalue weighted by Crippen LogP contribution is 2.26. The summed E-state index contributed by atoms with van der Waals surface area (Å²) >= 11 is 0. The van der Waals surface area contributed by atoms with Gasteiger partial charge in [-0.05, 0) is 31.1 Å². The first kappa shape index (κ1) is 12.0. The number of hydrogen-bond donors (Lipinski definition) is 1. The topological polar surface area (TPSA) is 20.2 Å². The Labute approximate surface area is 77.2 Å². The lowest BCUT2D eigenvalue weighted by atomic mass is 9.81. The van der Waals surface area contributed by atoms with Crippen molar-refractivity contribution >= 4 is 0 Å². The third kappa shape index (κ3) is 4.10. The van der Waals surface area contributed by atoms with Crippen molar-refractivity contribution in [2.75, 3.05) is 0 Å². The third-order valence-corrected chi connectivity index (χ3v) is 3.15. The van der Waals surface area contributed by atoms with Crippen molar-refractivity contribution in [1.82, 2.24) is 0 Å². The maximum atomic E-state index is 9.23. The first-order valence-electron chi connectivity index (χ1n) is 5.17. The van der Waals surface area contributed by atoms with Crippen molar-refractivity contribution in [2.24, 2.45) is 17.8 Å². The first-order chi connectivity index (χ1) is 5.49. The molecule has 0 aliphatic rings. The zero-order chi connectivity index (χ0) is 9.72. The predicted molar refractivity (Wildman–Crippen MR) is 54.1 cm³/mol. The minimum absolute atomic E-state index is 0.147. The summed E-state index contributed by atoms with van der Waals surface area (Å²) in [7, 11) is 0. The number of rotatable bonds is 5. The second kappa shape index (κ2) is 5.58. The average molecular weight is 172 g/mol. The van der Waals surface area contributed by atoms with Gasteiger partial charge in [-0.15, -0.1) is 0 Å². The fraction of sp³-hybridized carbons (Fsp3) is 1.00. The lowest BCUT2D eigenvalue weighted by molar-refractivity contribution is 0.134. The van der Waals surface area contributed by atoms with E-state index >= 15 is 0 Å². The van der Waals surface area contributed by atoms with Crippen LogP contribution >= 0.6 is 0 Å². The molecule has 0 rings (SSSR count). The molecule has 4 atom stereocenters. The maximum absolute atomic E-state index is 9.23. The van der Waals surface area contributed by atoms with Gasteiger partial charge in [-0.1, -0.05) is 34.1 Å². The monoisotopic (exact) mass is 172 g/mol. The highest BCUT2D eigenvalue weighted by atomic mass is 16.3. The standard InChI is InChI=1S/C11H24O/c1-6-8(2)11(5)9(3)7-10(4)12/h8-12H,6-7H2,1-5H3. The van der Waals surface area contributed by atoms with E-state index < -0.39 is 0 Å². The number of hydrogen-bond acceptors (Lipinski definition) is 1. The lowest BCUT2D eigenvalue weighted by Crippen LogP contribution is -2.19. The van der Waals surface area contributed by atoms with Crippen molar-refractivity contribution in [3.05, 3.63) is 0 Å². The van der Waals surface area contributed by atoms with E-state index in [1.807, 2.05) is 6.92 Å². The van der Waals surface area contributed by atoms with Crippen molar-refractivity contribution in [1.29, 1.82) is 0 Å². The molecule has 0 aromatic carbocycles. The molecule has 0 saturated heterocycles. The van der Waals surface area contributed by atoms with Crippen LogP contribution in [0.4, 0.5) is 0 Å². The van der Waals surface area contributed by atoms with Crippen LogP contribution in [-0.4, -0.2) is 11.2 Å². The minimum Gasteiger partial charge on any atom is -0.393 e. The zero-order valence-corrected chi connectivity index (χ0v) is 9.17. The van der Waals surface area contributed by atoms with Gasteiger partial charge in [-0.3, -0.25) is 0 Å². The molecule has 0 radical (unpaired) electrons. The summed E-state index contributed by atoms with van der Waals surface area (Å²) < 4.78 is 0. The molecule has 4 unspecified atom stereocenters. The van der Waals surface area contributed by atoms with Crippen molar-refractivity contribution in [3.63, 3.8) is 0 Å². The minimum atomic E-state index is -0.147. The summed E-state index contributed by atoms with van der Waals surface area (Å²) in [5.74, 6) is 2.14. The van der Waals surface area contributed by atoms with Crippen LogP contribution in [0.15, 0.2) is 0 Å². The molecule has 0 aromatic rings. The Hall–Kier alpha value is -0.0400. The third-order valence-electron chi connectivity index (χ3n) is 3.15. The van der Waals surface area contributed by atoms with E-state index in [1.165, 1.54) is 6.42 Å². The van der Waals surface area contributed by atoms with Crippen LogP contribution in [0.3, 0.4) is 0 Å². The maximum Gasteiger partial charge on any atom is 0.0514 e. The Morgan fingerprint density at radius 1 is 1.00 bits per heavy atom. The van der Waals surface area contributed by atoms with Crippen LogP contribution in [0.25, 0.3) is 0 Å². The molecule has 0 aliphatic carbocycles. The van der Waals surface area contributed by atoms with E-state index in [2.05, 4.69) is 27.7 Å². The summed E-state index contributed by atoms with van der Waals surface area (Å²) in [4.78, 5) is 0. The number of aliphatic hydroxyl groups is 1. The van der Waals surface area contributed by atoms with Gasteiger partial charge in [0.25, 0.3) is 0 Å². The Morgan fingerprint density at radius 2 is 1.50 bits per heavy atom. The Bertz CT molecular complexity index is 110. The van der Waals surface area contributed by atoms with Crippen LogP contribution in [0.2, 0.25) is 0 Å². The van der Waals surface area contributed by atoms with Crippen molar-refractivity contribution in [3.8, 4) is 0 Å². The van der Waals surface area contributed by atoms with E-state index in [-0.39, 0.29) is 6.10 Å². The first-order valence-corrected chi connectivity index (χ1v) is 5.17. The van der Waals surface area contributed by atoms with Gasteiger partial charge in [-0.25, -0.2) is 0 Å². The van der Waals surface area contributed by atoms with Crippen LogP contribution in [0.5, 0.6) is 0 Å². The molecule has 1 N–H and O–H groups in total. The molecular formula is C11H24O. The molecule has 0 spiro atoms.